The van der Waals surface area contributed by atoms with Gasteiger partial charge in [0.25, 0.3) is 0 Å². The van der Waals surface area contributed by atoms with E-state index in [9.17, 15) is 4.79 Å². The quantitative estimate of drug-likeness (QED) is 0.790. The van der Waals surface area contributed by atoms with E-state index in [-0.39, 0.29) is 5.78 Å². The second-order valence-corrected chi connectivity index (χ2v) is 4.66. The lowest BCUT2D eigenvalue weighted by Crippen LogP contribution is -2.10. The molecule has 0 saturated carbocycles. The largest absolute Gasteiger partial charge is 0.294 e. The Kier molecular flexibility index (Phi) is 4.32. The fourth-order valence-corrected chi connectivity index (χ4v) is 2.19. The molecule has 0 bridgehead atoms. The molecule has 0 aromatic carbocycles. The molecule has 0 atom stereocenters. The van der Waals surface area contributed by atoms with Gasteiger partial charge < -0.3 is 0 Å². The number of rotatable bonds is 5. The van der Waals surface area contributed by atoms with Gasteiger partial charge in [0.15, 0.2) is 5.78 Å². The maximum atomic E-state index is 12.2. The predicted molar refractivity (Wildman–Crippen MR) is 74.6 cm³/mol. The van der Waals surface area contributed by atoms with Crippen molar-refractivity contribution in [3.05, 3.63) is 46.5 Å². The number of hydrogen-bond acceptors (Lipinski definition) is 3. The Hall–Kier alpha value is -1.68. The highest BCUT2D eigenvalue weighted by atomic mass is 35.5. The zero-order valence-electron chi connectivity index (χ0n) is 11.1. The van der Waals surface area contributed by atoms with Crippen molar-refractivity contribution in [1.82, 2.24) is 14.8 Å². The Balaban J connectivity index is 2.24. The number of nitrogens with zero attached hydrogens (tertiary/aromatic N) is 3. The normalized spacial score (nSPS) is 10.7. The molecular weight excluding hydrogens is 262 g/mol. The highest BCUT2D eigenvalue weighted by molar-refractivity contribution is 6.33. The van der Waals surface area contributed by atoms with Crippen LogP contribution in [0.5, 0.6) is 0 Å². The molecule has 100 valence electrons. The van der Waals surface area contributed by atoms with Crippen molar-refractivity contribution in [3.63, 3.8) is 0 Å². The van der Waals surface area contributed by atoms with Gasteiger partial charge in [0.1, 0.15) is 0 Å². The van der Waals surface area contributed by atoms with Gasteiger partial charge in [-0.3, -0.25) is 14.5 Å². The summed E-state index contributed by atoms with van der Waals surface area (Å²) < 4.78 is 1.87. The third-order valence-electron chi connectivity index (χ3n) is 2.99. The minimum Gasteiger partial charge on any atom is -0.294 e. The Bertz CT molecular complexity index is 592. The van der Waals surface area contributed by atoms with Crippen LogP contribution in [-0.2, 0) is 19.4 Å². The molecule has 0 aliphatic heterocycles. The fourth-order valence-electron chi connectivity index (χ4n) is 1.96. The van der Waals surface area contributed by atoms with Crippen molar-refractivity contribution < 1.29 is 4.79 Å². The molecule has 0 unspecified atom stereocenters. The number of aryl methyl sites for hydroxylation is 2. The van der Waals surface area contributed by atoms with E-state index in [1.165, 1.54) is 6.20 Å². The molecule has 0 aliphatic rings. The van der Waals surface area contributed by atoms with E-state index in [0.717, 1.165) is 24.4 Å². The molecule has 19 heavy (non-hydrogen) atoms. The van der Waals surface area contributed by atoms with Crippen molar-refractivity contribution in [2.75, 3.05) is 0 Å². The first-order valence-corrected chi connectivity index (χ1v) is 6.71. The first-order chi connectivity index (χ1) is 9.15. The summed E-state index contributed by atoms with van der Waals surface area (Å²) in [7, 11) is 0. The Morgan fingerprint density at radius 1 is 1.42 bits per heavy atom. The summed E-state index contributed by atoms with van der Waals surface area (Å²) in [6.07, 6.45) is 4.24. The van der Waals surface area contributed by atoms with Crippen LogP contribution in [0.4, 0.5) is 0 Å². The molecule has 2 aromatic heterocycles. The second kappa shape index (κ2) is 5.97. The zero-order valence-corrected chi connectivity index (χ0v) is 11.8. The minimum atomic E-state index is -0.00958. The minimum absolute atomic E-state index is 0.00958. The monoisotopic (exact) mass is 277 g/mol. The molecule has 2 aromatic rings. The topological polar surface area (TPSA) is 47.8 Å². The number of aromatic nitrogens is 3. The summed E-state index contributed by atoms with van der Waals surface area (Å²) in [5.41, 5.74) is 2.45. The van der Waals surface area contributed by atoms with Crippen molar-refractivity contribution in [1.29, 1.82) is 0 Å². The van der Waals surface area contributed by atoms with Gasteiger partial charge in [-0.05, 0) is 25.5 Å². The molecule has 0 saturated heterocycles. The van der Waals surface area contributed by atoms with Crippen LogP contribution in [0.3, 0.4) is 0 Å². The molecule has 0 amide bonds. The maximum Gasteiger partial charge on any atom is 0.170 e. The number of ketones is 1. The Morgan fingerprint density at radius 2 is 2.21 bits per heavy atom. The SMILES string of the molecule is CCc1cc(CC(=O)c2ccncc2Cl)n(CC)n1. The summed E-state index contributed by atoms with van der Waals surface area (Å²) in [6, 6.07) is 3.63. The average Bonchev–Trinajstić information content (AvgIpc) is 2.81. The molecule has 0 radical (unpaired) electrons. The van der Waals surface area contributed by atoms with E-state index in [4.69, 9.17) is 11.6 Å². The number of carbonyl (C=O) groups excluding carboxylic acids is 1. The van der Waals surface area contributed by atoms with E-state index < -0.39 is 0 Å². The van der Waals surface area contributed by atoms with Gasteiger partial charge >= 0.3 is 0 Å². The van der Waals surface area contributed by atoms with E-state index >= 15 is 0 Å². The van der Waals surface area contributed by atoms with Crippen molar-refractivity contribution in [2.45, 2.75) is 33.2 Å². The number of halogens is 1. The van der Waals surface area contributed by atoms with Crippen LogP contribution in [-0.4, -0.2) is 20.5 Å². The smallest absolute Gasteiger partial charge is 0.170 e. The van der Waals surface area contributed by atoms with E-state index in [2.05, 4.69) is 10.1 Å². The second-order valence-electron chi connectivity index (χ2n) is 4.25. The Morgan fingerprint density at radius 3 is 2.84 bits per heavy atom. The number of Topliss-reactive ketones (excluding diaryl/α,β-unsaturated/α-hetero) is 1. The summed E-state index contributed by atoms with van der Waals surface area (Å²) in [5.74, 6) is -0.00958. The molecule has 0 aliphatic carbocycles. The predicted octanol–water partition coefficient (Wildman–Crippen LogP) is 2.94. The van der Waals surface area contributed by atoms with E-state index in [1.807, 2.05) is 24.6 Å². The number of carbonyl (C=O) groups is 1. The van der Waals surface area contributed by atoms with Crippen LogP contribution in [0, 0.1) is 0 Å². The van der Waals surface area contributed by atoms with Gasteiger partial charge in [-0.2, -0.15) is 5.10 Å². The first kappa shape index (κ1) is 13.7. The summed E-state index contributed by atoms with van der Waals surface area (Å²) in [5, 5.41) is 4.83. The third kappa shape index (κ3) is 3.01. The number of hydrogen-bond donors (Lipinski definition) is 0. The van der Waals surface area contributed by atoms with Gasteiger partial charge in [0.2, 0.25) is 0 Å². The molecule has 0 N–H and O–H groups in total. The maximum absolute atomic E-state index is 12.2. The first-order valence-electron chi connectivity index (χ1n) is 6.34. The van der Waals surface area contributed by atoms with E-state index in [0.29, 0.717) is 17.0 Å². The number of pyridine rings is 1. The van der Waals surface area contributed by atoms with Gasteiger partial charge in [0.05, 0.1) is 17.1 Å². The lowest BCUT2D eigenvalue weighted by molar-refractivity contribution is 0.0990. The molecule has 0 spiro atoms. The summed E-state index contributed by atoms with van der Waals surface area (Å²) in [6.45, 7) is 4.82. The highest BCUT2D eigenvalue weighted by Gasteiger charge is 2.14. The van der Waals surface area contributed by atoms with Gasteiger partial charge in [0, 0.05) is 30.2 Å². The molecular formula is C14H16ClN3O. The Labute approximate surface area is 117 Å². The zero-order chi connectivity index (χ0) is 13.8. The van der Waals surface area contributed by atoms with Gasteiger partial charge in [-0.15, -0.1) is 0 Å². The molecule has 4 nitrogen and oxygen atoms in total. The molecule has 2 rings (SSSR count). The van der Waals surface area contributed by atoms with Crippen molar-refractivity contribution in [3.8, 4) is 0 Å². The van der Waals surface area contributed by atoms with Crippen LogP contribution < -0.4 is 0 Å². The van der Waals surface area contributed by atoms with Crippen LogP contribution in [0.1, 0.15) is 35.6 Å². The van der Waals surface area contributed by atoms with Crippen molar-refractivity contribution >= 4 is 17.4 Å². The van der Waals surface area contributed by atoms with Gasteiger partial charge in [-0.25, -0.2) is 0 Å². The lowest BCUT2D eigenvalue weighted by Gasteiger charge is -2.05. The average molecular weight is 278 g/mol. The van der Waals surface area contributed by atoms with Gasteiger partial charge in [-0.1, -0.05) is 18.5 Å². The summed E-state index contributed by atoms with van der Waals surface area (Å²) >= 11 is 5.99. The molecule has 5 heteroatoms. The standard InChI is InChI=1S/C14H16ClN3O/c1-3-10-7-11(18(4-2)17-10)8-14(19)12-5-6-16-9-13(12)15/h5-7,9H,3-4,8H2,1-2H3. The van der Waals surface area contributed by atoms with Crippen LogP contribution >= 0.6 is 11.6 Å². The molecule has 0 fully saturated rings. The lowest BCUT2D eigenvalue weighted by atomic mass is 10.1. The van der Waals surface area contributed by atoms with Crippen LogP contribution in [0.15, 0.2) is 24.5 Å². The van der Waals surface area contributed by atoms with E-state index in [1.54, 1.807) is 12.3 Å². The van der Waals surface area contributed by atoms with Crippen molar-refractivity contribution in [2.24, 2.45) is 0 Å². The van der Waals surface area contributed by atoms with Crippen LogP contribution in [0.25, 0.3) is 0 Å². The fraction of sp³-hybridized carbons (Fsp3) is 0.357. The third-order valence-corrected chi connectivity index (χ3v) is 3.29. The molecule has 2 heterocycles. The van der Waals surface area contributed by atoms with Crippen LogP contribution in [0.2, 0.25) is 5.02 Å². The summed E-state index contributed by atoms with van der Waals surface area (Å²) in [4.78, 5) is 16.1. The highest BCUT2D eigenvalue weighted by Crippen LogP contribution is 2.17.